The third-order valence-electron chi connectivity index (χ3n) is 2.69. The highest BCUT2D eigenvalue weighted by molar-refractivity contribution is 6.02. The molecule has 2 rings (SSSR count). The number of hydrogen-bond acceptors (Lipinski definition) is 3. The van der Waals surface area contributed by atoms with Crippen molar-refractivity contribution in [3.05, 3.63) is 59.4 Å². The maximum absolute atomic E-state index is 12.6. The molecule has 2 N–H and O–H groups in total. The average molecular weight is 296 g/mol. The third-order valence-corrected chi connectivity index (χ3v) is 2.69. The molecule has 0 aliphatic carbocycles. The lowest BCUT2D eigenvalue weighted by Crippen LogP contribution is -2.14. The summed E-state index contributed by atoms with van der Waals surface area (Å²) >= 11 is 0. The predicted octanol–water partition coefficient (Wildman–Crippen LogP) is 2.85. The first-order chi connectivity index (χ1) is 9.90. The fourth-order valence-electron chi connectivity index (χ4n) is 1.62. The number of nitrogens with one attached hydrogen (secondary N) is 1. The summed E-state index contributed by atoms with van der Waals surface area (Å²) in [7, 11) is 0. The van der Waals surface area contributed by atoms with E-state index in [9.17, 15) is 18.0 Å². The van der Waals surface area contributed by atoms with E-state index < -0.39 is 17.6 Å². The molecule has 1 heterocycles. The van der Waals surface area contributed by atoms with Gasteiger partial charge in [-0.3, -0.25) is 9.78 Å². The summed E-state index contributed by atoms with van der Waals surface area (Å²) in [5, 5.41) is 11.2. The molecular weight excluding hydrogens is 285 g/mol. The number of carbonyl (C=O) groups excluding carboxylic acids is 1. The van der Waals surface area contributed by atoms with E-state index in [0.717, 1.165) is 12.1 Å². The quantitative estimate of drug-likeness (QED) is 0.915. The van der Waals surface area contributed by atoms with Crippen molar-refractivity contribution < 1.29 is 23.1 Å². The smallest absolute Gasteiger partial charge is 0.392 e. The van der Waals surface area contributed by atoms with E-state index >= 15 is 0 Å². The number of amides is 1. The van der Waals surface area contributed by atoms with Crippen LogP contribution in [0.25, 0.3) is 0 Å². The van der Waals surface area contributed by atoms with Crippen molar-refractivity contribution in [3.63, 3.8) is 0 Å². The maximum Gasteiger partial charge on any atom is 0.416 e. The van der Waals surface area contributed by atoms with Crippen molar-refractivity contribution in [3.8, 4) is 0 Å². The topological polar surface area (TPSA) is 62.2 Å². The molecule has 7 heteroatoms. The first kappa shape index (κ1) is 15.0. The molecule has 0 spiro atoms. The highest BCUT2D eigenvalue weighted by Crippen LogP contribution is 2.30. The summed E-state index contributed by atoms with van der Waals surface area (Å²) in [4.78, 5) is 15.7. The lowest BCUT2D eigenvalue weighted by atomic mass is 10.2. The minimum absolute atomic E-state index is 0.0304. The zero-order chi connectivity index (χ0) is 15.5. The molecule has 110 valence electrons. The van der Waals surface area contributed by atoms with Crippen molar-refractivity contribution in [1.82, 2.24) is 4.98 Å². The van der Waals surface area contributed by atoms with Crippen LogP contribution >= 0.6 is 0 Å². The van der Waals surface area contributed by atoms with Crippen LogP contribution < -0.4 is 5.32 Å². The summed E-state index contributed by atoms with van der Waals surface area (Å²) in [6.45, 7) is -0.206. The van der Waals surface area contributed by atoms with Crippen LogP contribution in [0, 0.1) is 0 Å². The van der Waals surface area contributed by atoms with Gasteiger partial charge < -0.3 is 10.4 Å². The Morgan fingerprint density at radius 3 is 2.57 bits per heavy atom. The lowest BCUT2D eigenvalue weighted by molar-refractivity contribution is -0.137. The molecule has 1 aromatic heterocycles. The molecule has 1 aromatic carbocycles. The Morgan fingerprint density at radius 2 is 2.00 bits per heavy atom. The highest BCUT2D eigenvalue weighted by Gasteiger charge is 2.30. The van der Waals surface area contributed by atoms with Gasteiger partial charge >= 0.3 is 6.18 Å². The van der Waals surface area contributed by atoms with Crippen LogP contribution in [-0.2, 0) is 12.8 Å². The van der Waals surface area contributed by atoms with Gasteiger partial charge in [-0.25, -0.2) is 0 Å². The van der Waals surface area contributed by atoms with E-state index in [2.05, 4.69) is 10.3 Å². The van der Waals surface area contributed by atoms with Crippen LogP contribution in [0.2, 0.25) is 0 Å². The van der Waals surface area contributed by atoms with Crippen LogP contribution in [0.4, 0.5) is 18.9 Å². The Morgan fingerprint density at radius 1 is 1.24 bits per heavy atom. The Hall–Kier alpha value is -2.41. The van der Waals surface area contributed by atoms with Crippen molar-refractivity contribution in [2.24, 2.45) is 0 Å². The Balaban J connectivity index is 2.15. The molecule has 0 radical (unpaired) electrons. The van der Waals surface area contributed by atoms with Gasteiger partial charge in [0.15, 0.2) is 0 Å². The van der Waals surface area contributed by atoms with Crippen LogP contribution in [0.1, 0.15) is 21.6 Å². The van der Waals surface area contributed by atoms with Gasteiger partial charge in [-0.15, -0.1) is 0 Å². The fraction of sp³-hybridized carbons (Fsp3) is 0.143. The number of aromatic nitrogens is 1. The Labute approximate surface area is 118 Å². The summed E-state index contributed by atoms with van der Waals surface area (Å²) in [5.74, 6) is -0.626. The number of aliphatic hydroxyl groups excluding tert-OH is 1. The first-order valence-electron chi connectivity index (χ1n) is 5.94. The summed E-state index contributed by atoms with van der Waals surface area (Å²) in [6, 6.07) is 7.22. The summed E-state index contributed by atoms with van der Waals surface area (Å²) in [6.07, 6.45) is -3.15. The van der Waals surface area contributed by atoms with E-state index in [1.54, 1.807) is 0 Å². The van der Waals surface area contributed by atoms with Gasteiger partial charge in [-0.2, -0.15) is 13.2 Å². The number of hydrogen-bond donors (Lipinski definition) is 2. The number of anilines is 1. The number of rotatable bonds is 3. The molecule has 21 heavy (non-hydrogen) atoms. The molecule has 0 saturated carbocycles. The van der Waals surface area contributed by atoms with E-state index in [1.165, 1.54) is 30.5 Å². The number of aliphatic hydroxyl groups is 1. The van der Waals surface area contributed by atoms with Crippen molar-refractivity contribution in [1.29, 1.82) is 0 Å². The standard InChI is InChI=1S/C14H11F3N2O2/c15-14(16,17)10-2-1-3-11(6-10)19-13(21)12-5-4-9(8-20)7-18-12/h1-7,20H,8H2,(H,19,21). The van der Waals surface area contributed by atoms with Gasteiger partial charge in [0.25, 0.3) is 5.91 Å². The van der Waals surface area contributed by atoms with Gasteiger partial charge in [0.05, 0.1) is 12.2 Å². The van der Waals surface area contributed by atoms with Gasteiger partial charge in [0, 0.05) is 11.9 Å². The lowest BCUT2D eigenvalue weighted by Gasteiger charge is -2.09. The van der Waals surface area contributed by atoms with Gasteiger partial charge in [0.2, 0.25) is 0 Å². The number of nitrogens with zero attached hydrogens (tertiary/aromatic N) is 1. The number of benzene rings is 1. The fourth-order valence-corrected chi connectivity index (χ4v) is 1.62. The van der Waals surface area contributed by atoms with Crippen molar-refractivity contribution in [2.75, 3.05) is 5.32 Å². The summed E-state index contributed by atoms with van der Waals surface area (Å²) < 4.78 is 37.7. The van der Waals surface area contributed by atoms with Gasteiger partial charge in [-0.1, -0.05) is 12.1 Å². The van der Waals surface area contributed by atoms with Gasteiger partial charge in [-0.05, 0) is 29.8 Å². The van der Waals surface area contributed by atoms with Gasteiger partial charge in [0.1, 0.15) is 5.69 Å². The van der Waals surface area contributed by atoms with Crippen LogP contribution in [0.15, 0.2) is 42.6 Å². The average Bonchev–Trinajstić information content (AvgIpc) is 2.47. The number of halogens is 3. The van der Waals surface area contributed by atoms with E-state index in [1.807, 2.05) is 0 Å². The molecular formula is C14H11F3N2O2. The third kappa shape index (κ3) is 3.79. The van der Waals surface area contributed by atoms with Crippen LogP contribution in [0.3, 0.4) is 0 Å². The zero-order valence-electron chi connectivity index (χ0n) is 10.7. The normalized spacial score (nSPS) is 11.2. The first-order valence-corrected chi connectivity index (χ1v) is 5.94. The molecule has 0 saturated heterocycles. The molecule has 2 aromatic rings. The monoisotopic (exact) mass is 296 g/mol. The number of carbonyl (C=O) groups is 1. The van der Waals surface area contributed by atoms with Crippen molar-refractivity contribution in [2.45, 2.75) is 12.8 Å². The van der Waals surface area contributed by atoms with Crippen LogP contribution in [0.5, 0.6) is 0 Å². The van der Waals surface area contributed by atoms with Crippen LogP contribution in [-0.4, -0.2) is 16.0 Å². The van der Waals surface area contributed by atoms with E-state index in [4.69, 9.17) is 5.11 Å². The molecule has 0 aliphatic rings. The number of pyridine rings is 1. The second kappa shape index (κ2) is 5.92. The predicted molar refractivity (Wildman–Crippen MR) is 69.6 cm³/mol. The molecule has 1 amide bonds. The van der Waals surface area contributed by atoms with E-state index in [-0.39, 0.29) is 18.0 Å². The zero-order valence-corrected chi connectivity index (χ0v) is 10.7. The Bertz CT molecular complexity index is 639. The molecule has 0 aliphatic heterocycles. The molecule has 0 bridgehead atoms. The van der Waals surface area contributed by atoms with Crippen molar-refractivity contribution >= 4 is 11.6 Å². The highest BCUT2D eigenvalue weighted by atomic mass is 19.4. The largest absolute Gasteiger partial charge is 0.416 e. The molecule has 0 atom stereocenters. The molecule has 0 fully saturated rings. The van der Waals surface area contributed by atoms with E-state index in [0.29, 0.717) is 5.56 Å². The summed E-state index contributed by atoms with van der Waals surface area (Å²) in [5.41, 5.74) is -0.234. The number of alkyl halides is 3. The Kier molecular flexibility index (Phi) is 4.23. The minimum atomic E-state index is -4.47. The second-order valence-electron chi connectivity index (χ2n) is 4.24. The molecule has 0 unspecified atom stereocenters. The second-order valence-corrected chi connectivity index (χ2v) is 4.24. The minimum Gasteiger partial charge on any atom is -0.392 e. The molecule has 4 nitrogen and oxygen atoms in total. The SMILES string of the molecule is O=C(Nc1cccc(C(F)(F)F)c1)c1ccc(CO)cn1. The maximum atomic E-state index is 12.6.